The molecular weight excluding hydrogens is 460 g/mol. The molecule has 0 spiro atoms. The molecule has 2 N–H and O–H groups in total. The third-order valence-corrected chi connectivity index (χ3v) is 6.32. The molecule has 186 valence electrons. The average Bonchev–Trinajstić information content (AvgIpc) is 3.31. The zero-order valence-corrected chi connectivity index (χ0v) is 19.4. The van der Waals surface area contributed by atoms with Crippen LogP contribution in [-0.4, -0.2) is 84.7 Å². The predicted octanol–water partition coefficient (Wildman–Crippen LogP) is 2.78. The second-order valence-corrected chi connectivity index (χ2v) is 9.16. The van der Waals surface area contributed by atoms with Gasteiger partial charge in [-0.05, 0) is 36.3 Å². The van der Waals surface area contributed by atoms with E-state index in [9.17, 15) is 28.3 Å². The van der Waals surface area contributed by atoms with Crippen molar-refractivity contribution < 1.29 is 33.0 Å². The number of alkyl halides is 2. The van der Waals surface area contributed by atoms with Crippen molar-refractivity contribution in [2.75, 3.05) is 33.8 Å². The maximum atomic E-state index is 13.9. The Balaban J connectivity index is 1.46. The number of likely N-dealkylation sites (tertiary alicyclic amines) is 1. The number of carbonyl (C=O) groups excluding carboxylic acids is 2. The van der Waals surface area contributed by atoms with Crippen molar-refractivity contribution in [2.45, 2.75) is 30.3 Å². The number of hydrogen-bond donors (Lipinski definition) is 2. The van der Waals surface area contributed by atoms with E-state index in [-0.39, 0.29) is 19.1 Å². The van der Waals surface area contributed by atoms with Crippen molar-refractivity contribution in [1.82, 2.24) is 15.1 Å². The number of aliphatic carboxylic acids is 1. The number of nitrogens with one attached hydrogen (secondary N) is 1. The standard InChI is InChI=1S/C25H27F2N3O5/c1-29(2)12-20(22(31)30-14-25(26,27)11-21(30)23(32)33)28-24(34)35-13-19-17-9-5-3-7-15(17)16-8-4-6-10-18(16)19/h3-10,19-21H,11-14H2,1-2H3,(H,28,34)(H,32,33)/t20-,21+/m0/s1. The van der Waals surface area contributed by atoms with E-state index in [4.69, 9.17) is 4.74 Å². The molecule has 35 heavy (non-hydrogen) atoms. The average molecular weight is 488 g/mol. The highest BCUT2D eigenvalue weighted by Gasteiger charge is 2.51. The molecule has 1 fully saturated rings. The largest absolute Gasteiger partial charge is 0.480 e. The molecule has 2 amide bonds. The van der Waals surface area contributed by atoms with Crippen LogP contribution in [-0.2, 0) is 14.3 Å². The van der Waals surface area contributed by atoms with Gasteiger partial charge >= 0.3 is 12.1 Å². The summed E-state index contributed by atoms with van der Waals surface area (Å²) in [5.74, 6) is -5.91. The zero-order valence-electron chi connectivity index (χ0n) is 19.4. The highest BCUT2D eigenvalue weighted by atomic mass is 19.3. The van der Waals surface area contributed by atoms with Crippen LogP contribution in [0, 0.1) is 0 Å². The molecule has 2 aromatic rings. The highest BCUT2D eigenvalue weighted by molar-refractivity contribution is 5.90. The Labute approximate surface area is 201 Å². The predicted molar refractivity (Wildman–Crippen MR) is 123 cm³/mol. The molecule has 2 aliphatic rings. The molecule has 0 radical (unpaired) electrons. The Morgan fingerprint density at radius 2 is 1.69 bits per heavy atom. The number of fused-ring (bicyclic) bond motifs is 3. The number of carbonyl (C=O) groups is 3. The quantitative estimate of drug-likeness (QED) is 0.623. The van der Waals surface area contributed by atoms with E-state index < -0.39 is 48.9 Å². The van der Waals surface area contributed by atoms with Crippen LogP contribution in [0.3, 0.4) is 0 Å². The number of rotatable bonds is 7. The Kier molecular flexibility index (Phi) is 6.75. The first-order valence-electron chi connectivity index (χ1n) is 11.2. The van der Waals surface area contributed by atoms with Crippen LogP contribution in [0.25, 0.3) is 11.1 Å². The molecule has 1 aliphatic carbocycles. The van der Waals surface area contributed by atoms with E-state index in [1.54, 1.807) is 19.0 Å². The minimum Gasteiger partial charge on any atom is -0.480 e. The van der Waals surface area contributed by atoms with Gasteiger partial charge in [-0.1, -0.05) is 48.5 Å². The van der Waals surface area contributed by atoms with Gasteiger partial charge in [0.15, 0.2) is 0 Å². The Morgan fingerprint density at radius 1 is 1.11 bits per heavy atom. The third-order valence-electron chi connectivity index (χ3n) is 6.32. The fourth-order valence-electron chi connectivity index (χ4n) is 4.80. The van der Waals surface area contributed by atoms with Crippen molar-refractivity contribution in [3.05, 3.63) is 59.7 Å². The molecule has 2 aromatic carbocycles. The van der Waals surface area contributed by atoms with Crippen LogP contribution < -0.4 is 5.32 Å². The molecule has 0 saturated carbocycles. The Hall–Kier alpha value is -3.53. The van der Waals surface area contributed by atoms with Gasteiger partial charge in [0.1, 0.15) is 18.7 Å². The Morgan fingerprint density at radius 3 is 2.23 bits per heavy atom. The number of carboxylic acids is 1. The summed E-state index contributed by atoms with van der Waals surface area (Å²) in [5.41, 5.74) is 4.16. The van der Waals surface area contributed by atoms with Crippen LogP contribution in [0.2, 0.25) is 0 Å². The first kappa shape index (κ1) is 24.6. The molecule has 2 atom stereocenters. The van der Waals surface area contributed by atoms with Crippen LogP contribution in [0.15, 0.2) is 48.5 Å². The summed E-state index contributed by atoms with van der Waals surface area (Å²) in [5, 5.41) is 11.8. The lowest BCUT2D eigenvalue weighted by Gasteiger charge is -2.28. The number of carboxylic acid groups (broad SMARTS) is 1. The topological polar surface area (TPSA) is 99.2 Å². The van der Waals surface area contributed by atoms with Crippen LogP contribution in [0.4, 0.5) is 13.6 Å². The molecule has 10 heteroatoms. The van der Waals surface area contributed by atoms with E-state index in [0.29, 0.717) is 4.90 Å². The van der Waals surface area contributed by atoms with E-state index in [2.05, 4.69) is 5.32 Å². The van der Waals surface area contributed by atoms with Gasteiger partial charge in [-0.2, -0.15) is 0 Å². The number of amides is 2. The summed E-state index contributed by atoms with van der Waals surface area (Å²) in [6.45, 7) is -1.02. The first-order chi connectivity index (χ1) is 16.6. The van der Waals surface area contributed by atoms with Crippen molar-refractivity contribution in [1.29, 1.82) is 0 Å². The van der Waals surface area contributed by atoms with Gasteiger partial charge in [0.2, 0.25) is 5.91 Å². The SMILES string of the molecule is CN(C)C[C@H](NC(=O)OCC1c2ccccc2-c2ccccc21)C(=O)N1CC(F)(F)C[C@@H]1C(=O)O. The fraction of sp³-hybridized carbons (Fsp3) is 0.400. The number of benzene rings is 2. The van der Waals surface area contributed by atoms with Gasteiger partial charge in [0.25, 0.3) is 5.92 Å². The van der Waals surface area contributed by atoms with Crippen LogP contribution in [0.5, 0.6) is 0 Å². The number of ether oxygens (including phenoxy) is 1. The first-order valence-corrected chi connectivity index (χ1v) is 11.2. The lowest BCUT2D eigenvalue weighted by Crippen LogP contribution is -2.55. The number of halogens is 2. The lowest BCUT2D eigenvalue weighted by molar-refractivity contribution is -0.149. The summed E-state index contributed by atoms with van der Waals surface area (Å²) in [6.07, 6.45) is -1.85. The minimum absolute atomic E-state index is 0.0161. The lowest BCUT2D eigenvalue weighted by atomic mass is 9.98. The van der Waals surface area contributed by atoms with Gasteiger partial charge in [-0.25, -0.2) is 18.4 Å². The van der Waals surface area contributed by atoms with E-state index in [1.165, 1.54) is 0 Å². The van der Waals surface area contributed by atoms with Crippen molar-refractivity contribution in [3.8, 4) is 11.1 Å². The molecule has 8 nitrogen and oxygen atoms in total. The molecule has 1 saturated heterocycles. The molecule has 1 heterocycles. The maximum absolute atomic E-state index is 13.9. The van der Waals surface area contributed by atoms with Gasteiger partial charge in [-0.15, -0.1) is 0 Å². The smallest absolute Gasteiger partial charge is 0.407 e. The molecule has 0 bridgehead atoms. The van der Waals surface area contributed by atoms with Crippen molar-refractivity contribution in [3.63, 3.8) is 0 Å². The fourth-order valence-corrected chi connectivity index (χ4v) is 4.80. The second-order valence-electron chi connectivity index (χ2n) is 9.16. The normalized spacial score (nSPS) is 19.2. The van der Waals surface area contributed by atoms with E-state index in [0.717, 1.165) is 22.3 Å². The summed E-state index contributed by atoms with van der Waals surface area (Å²) < 4.78 is 33.3. The summed E-state index contributed by atoms with van der Waals surface area (Å²) in [6, 6.07) is 12.7. The zero-order chi connectivity index (χ0) is 25.3. The minimum atomic E-state index is -3.31. The van der Waals surface area contributed by atoms with Gasteiger partial charge in [0.05, 0.1) is 6.54 Å². The molecule has 4 rings (SSSR count). The highest BCUT2D eigenvalue weighted by Crippen LogP contribution is 2.44. The van der Waals surface area contributed by atoms with Crippen molar-refractivity contribution >= 4 is 18.0 Å². The second kappa shape index (κ2) is 9.61. The third kappa shape index (κ3) is 5.12. The molecule has 1 aliphatic heterocycles. The number of hydrogen-bond acceptors (Lipinski definition) is 5. The van der Waals surface area contributed by atoms with Gasteiger partial charge < -0.3 is 25.0 Å². The summed E-state index contributed by atoms with van der Waals surface area (Å²) >= 11 is 0. The summed E-state index contributed by atoms with van der Waals surface area (Å²) in [7, 11) is 3.29. The molecular formula is C25H27F2N3O5. The van der Waals surface area contributed by atoms with E-state index >= 15 is 0 Å². The number of likely N-dealkylation sites (N-methyl/N-ethyl adjacent to an activating group) is 1. The Bertz CT molecular complexity index is 1090. The van der Waals surface area contributed by atoms with Crippen LogP contribution >= 0.6 is 0 Å². The van der Waals surface area contributed by atoms with Crippen molar-refractivity contribution in [2.24, 2.45) is 0 Å². The van der Waals surface area contributed by atoms with E-state index in [1.807, 2.05) is 48.5 Å². The monoisotopic (exact) mass is 487 g/mol. The van der Waals surface area contributed by atoms with Gasteiger partial charge in [0, 0.05) is 18.9 Å². The maximum Gasteiger partial charge on any atom is 0.407 e. The summed E-state index contributed by atoms with van der Waals surface area (Å²) in [4.78, 5) is 39.4. The number of nitrogens with zero attached hydrogens (tertiary/aromatic N) is 2. The van der Waals surface area contributed by atoms with Gasteiger partial charge in [-0.3, -0.25) is 4.79 Å². The number of alkyl carbamates (subject to hydrolysis) is 1. The van der Waals surface area contributed by atoms with Crippen LogP contribution in [0.1, 0.15) is 23.5 Å². The molecule has 0 unspecified atom stereocenters. The molecule has 0 aromatic heterocycles.